The first-order valence-electron chi connectivity index (χ1n) is 7.81. The number of rotatable bonds is 3. The van der Waals surface area contributed by atoms with Crippen LogP contribution in [-0.2, 0) is 10.0 Å². The van der Waals surface area contributed by atoms with E-state index >= 15 is 0 Å². The largest absolute Gasteiger partial charge is 0.274 e. The summed E-state index contributed by atoms with van der Waals surface area (Å²) in [6.45, 7) is 0. The molecular formula is C20H11ClF3NO2S. The van der Waals surface area contributed by atoms with Gasteiger partial charge in [-0.3, -0.25) is 4.72 Å². The Labute approximate surface area is 164 Å². The minimum atomic E-state index is -4.61. The van der Waals surface area contributed by atoms with Crippen molar-refractivity contribution < 1.29 is 21.6 Å². The molecule has 3 aromatic carbocycles. The van der Waals surface area contributed by atoms with Crippen molar-refractivity contribution >= 4 is 27.3 Å². The monoisotopic (exact) mass is 421 g/mol. The zero-order chi connectivity index (χ0) is 20.3. The molecule has 0 aliphatic heterocycles. The summed E-state index contributed by atoms with van der Waals surface area (Å²) >= 11 is 5.56. The second kappa shape index (κ2) is 7.97. The molecule has 0 unspecified atom stereocenters. The summed E-state index contributed by atoms with van der Waals surface area (Å²) in [5, 5.41) is -0.435. The Balaban J connectivity index is 1.94. The third-order valence-electron chi connectivity index (χ3n) is 3.61. The molecule has 8 heteroatoms. The lowest BCUT2D eigenvalue weighted by atomic mass is 10.1. The van der Waals surface area contributed by atoms with Crippen molar-refractivity contribution in [1.82, 2.24) is 0 Å². The number of anilines is 1. The molecule has 0 bridgehead atoms. The van der Waals surface area contributed by atoms with Crippen LogP contribution in [0.25, 0.3) is 0 Å². The maximum Gasteiger partial charge on any atom is 0.265 e. The molecule has 0 heterocycles. The van der Waals surface area contributed by atoms with Gasteiger partial charge in [0, 0.05) is 11.1 Å². The molecule has 0 saturated heterocycles. The summed E-state index contributed by atoms with van der Waals surface area (Å²) in [5.74, 6) is 1.73. The predicted octanol–water partition coefficient (Wildman–Crippen LogP) is 4.96. The summed E-state index contributed by atoms with van der Waals surface area (Å²) in [6, 6.07) is 13.8. The fourth-order valence-electron chi connectivity index (χ4n) is 2.29. The molecule has 0 saturated carbocycles. The van der Waals surface area contributed by atoms with Gasteiger partial charge < -0.3 is 0 Å². The molecule has 0 aliphatic carbocycles. The molecular weight excluding hydrogens is 411 g/mol. The van der Waals surface area contributed by atoms with Gasteiger partial charge in [0.2, 0.25) is 0 Å². The second-order valence-electron chi connectivity index (χ2n) is 5.59. The lowest BCUT2D eigenvalue weighted by Crippen LogP contribution is -2.17. The van der Waals surface area contributed by atoms with Crippen LogP contribution < -0.4 is 4.72 Å². The molecule has 0 radical (unpaired) electrons. The highest BCUT2D eigenvalue weighted by molar-refractivity contribution is 7.92. The fraction of sp³-hybridized carbons (Fsp3) is 0. The highest BCUT2D eigenvalue weighted by atomic mass is 35.5. The number of hydrogen-bond donors (Lipinski definition) is 1. The third-order valence-corrected chi connectivity index (χ3v) is 5.27. The van der Waals surface area contributed by atoms with Gasteiger partial charge in [0.15, 0.2) is 17.5 Å². The maximum absolute atomic E-state index is 14.3. The third kappa shape index (κ3) is 4.30. The van der Waals surface area contributed by atoms with Crippen LogP contribution >= 0.6 is 11.6 Å². The Kier molecular flexibility index (Phi) is 5.63. The van der Waals surface area contributed by atoms with Crippen molar-refractivity contribution in [2.45, 2.75) is 4.90 Å². The predicted molar refractivity (Wildman–Crippen MR) is 101 cm³/mol. The normalized spacial score (nSPS) is 10.9. The number of benzene rings is 3. The molecule has 0 aromatic heterocycles. The van der Waals surface area contributed by atoms with E-state index in [1.165, 1.54) is 6.07 Å². The topological polar surface area (TPSA) is 46.2 Å². The minimum absolute atomic E-state index is 0.00994. The summed E-state index contributed by atoms with van der Waals surface area (Å²) in [4.78, 5) is -0.827. The highest BCUT2D eigenvalue weighted by Gasteiger charge is 2.24. The lowest BCUT2D eigenvalue weighted by molar-refractivity contribution is 0.566. The Morgan fingerprint density at radius 1 is 0.821 bits per heavy atom. The van der Waals surface area contributed by atoms with E-state index in [9.17, 15) is 21.6 Å². The molecule has 142 valence electrons. The molecule has 3 aromatic rings. The van der Waals surface area contributed by atoms with Crippen molar-refractivity contribution in [3.63, 3.8) is 0 Å². The van der Waals surface area contributed by atoms with Crippen LogP contribution in [0.2, 0.25) is 5.02 Å². The smallest absolute Gasteiger partial charge is 0.265 e. The molecule has 3 nitrogen and oxygen atoms in total. The van der Waals surface area contributed by atoms with E-state index in [0.29, 0.717) is 5.56 Å². The van der Waals surface area contributed by atoms with Crippen molar-refractivity contribution in [1.29, 1.82) is 0 Å². The first-order chi connectivity index (χ1) is 13.3. The van der Waals surface area contributed by atoms with E-state index in [2.05, 4.69) is 11.8 Å². The van der Waals surface area contributed by atoms with Crippen LogP contribution in [0.1, 0.15) is 11.1 Å². The number of nitrogens with one attached hydrogen (secondary N) is 1. The second-order valence-corrected chi connectivity index (χ2v) is 7.65. The van der Waals surface area contributed by atoms with Crippen molar-refractivity contribution in [2.75, 3.05) is 4.72 Å². The summed E-state index contributed by atoms with van der Waals surface area (Å²) in [6.07, 6.45) is 0. The van der Waals surface area contributed by atoms with Gasteiger partial charge in [-0.15, -0.1) is 0 Å². The first-order valence-corrected chi connectivity index (χ1v) is 9.67. The SMILES string of the molecule is O=S(=O)(Nc1c(F)cc(C#Cc2ccccc2)cc1F)c1cccc(Cl)c1F. The number of hydrogen-bond acceptors (Lipinski definition) is 2. The van der Waals surface area contributed by atoms with E-state index in [0.717, 1.165) is 24.3 Å². The van der Waals surface area contributed by atoms with Crippen molar-refractivity contribution in [3.05, 3.63) is 94.3 Å². The summed E-state index contributed by atoms with van der Waals surface area (Å²) in [7, 11) is -4.61. The van der Waals surface area contributed by atoms with E-state index < -0.39 is 43.1 Å². The molecule has 1 N–H and O–H groups in total. The van der Waals surface area contributed by atoms with Crippen molar-refractivity contribution in [3.8, 4) is 11.8 Å². The average molecular weight is 422 g/mol. The van der Waals surface area contributed by atoms with Crippen LogP contribution in [0.5, 0.6) is 0 Å². The zero-order valence-corrected chi connectivity index (χ0v) is 15.6. The zero-order valence-electron chi connectivity index (χ0n) is 14.0. The Bertz CT molecular complexity index is 1180. The number of halogens is 4. The van der Waals surface area contributed by atoms with E-state index in [1.54, 1.807) is 35.1 Å². The molecule has 28 heavy (non-hydrogen) atoms. The van der Waals surface area contributed by atoms with E-state index in [1.807, 2.05) is 0 Å². The molecule has 0 amide bonds. The van der Waals surface area contributed by atoms with Gasteiger partial charge in [0.1, 0.15) is 10.6 Å². The molecule has 0 aliphatic rings. The van der Waals surface area contributed by atoms with Gasteiger partial charge in [0.25, 0.3) is 10.0 Å². The van der Waals surface area contributed by atoms with Crippen LogP contribution in [0, 0.1) is 29.3 Å². The summed E-state index contributed by atoms with van der Waals surface area (Å²) in [5.41, 5.74) is -0.287. The van der Waals surface area contributed by atoms with Crippen LogP contribution in [0.15, 0.2) is 65.6 Å². The van der Waals surface area contributed by atoms with Gasteiger partial charge in [-0.2, -0.15) is 0 Å². The van der Waals surface area contributed by atoms with Crippen LogP contribution in [0.3, 0.4) is 0 Å². The van der Waals surface area contributed by atoms with Gasteiger partial charge >= 0.3 is 0 Å². The lowest BCUT2D eigenvalue weighted by Gasteiger charge is -2.11. The van der Waals surface area contributed by atoms with Crippen molar-refractivity contribution in [2.24, 2.45) is 0 Å². The van der Waals surface area contributed by atoms with Gasteiger partial charge in [-0.05, 0) is 36.4 Å². The highest BCUT2D eigenvalue weighted by Crippen LogP contribution is 2.27. The quantitative estimate of drug-likeness (QED) is 0.608. The first kappa shape index (κ1) is 19.8. The van der Waals surface area contributed by atoms with Crippen LogP contribution in [-0.4, -0.2) is 8.42 Å². The minimum Gasteiger partial charge on any atom is -0.274 e. The van der Waals surface area contributed by atoms with Gasteiger partial charge in [-0.25, -0.2) is 21.6 Å². The maximum atomic E-state index is 14.3. The standard InChI is InChI=1S/C20H11ClF3NO2S/c21-15-7-4-8-18(19(15)24)28(26,27)25-20-16(22)11-14(12-17(20)23)10-9-13-5-2-1-3-6-13/h1-8,11-12,25H. The van der Waals surface area contributed by atoms with Gasteiger partial charge in [0.05, 0.1) is 5.02 Å². The summed E-state index contributed by atoms with van der Waals surface area (Å²) < 4.78 is 68.9. The molecule has 0 spiro atoms. The Morgan fingerprint density at radius 3 is 2.07 bits per heavy atom. The van der Waals surface area contributed by atoms with Gasteiger partial charge in [-0.1, -0.05) is 47.7 Å². The molecule has 0 fully saturated rings. The molecule has 3 rings (SSSR count). The fourth-order valence-corrected chi connectivity index (χ4v) is 3.70. The number of sulfonamides is 1. The van der Waals surface area contributed by atoms with Crippen LogP contribution in [0.4, 0.5) is 18.9 Å². The van der Waals surface area contributed by atoms with E-state index in [-0.39, 0.29) is 5.56 Å². The Morgan fingerprint density at radius 2 is 1.43 bits per heavy atom. The molecule has 0 atom stereocenters. The van der Waals surface area contributed by atoms with E-state index in [4.69, 9.17) is 11.6 Å². The Hall–Kier alpha value is -2.95. The average Bonchev–Trinajstić information content (AvgIpc) is 2.66.